The Balaban J connectivity index is 1.61. The van der Waals surface area contributed by atoms with Crippen molar-refractivity contribution in [3.63, 3.8) is 0 Å². The smallest absolute Gasteiger partial charge is 0.275 e. The van der Waals surface area contributed by atoms with Crippen LogP contribution >= 0.6 is 11.6 Å². The van der Waals surface area contributed by atoms with Gasteiger partial charge in [0.05, 0.1) is 12.4 Å². The van der Waals surface area contributed by atoms with Gasteiger partial charge in [0.25, 0.3) is 5.91 Å². The van der Waals surface area contributed by atoms with Crippen LogP contribution in [0.3, 0.4) is 0 Å². The van der Waals surface area contributed by atoms with Crippen molar-refractivity contribution in [2.45, 2.75) is 13.5 Å². The van der Waals surface area contributed by atoms with Crippen molar-refractivity contribution in [2.24, 2.45) is 0 Å². The molecule has 126 valence electrons. The van der Waals surface area contributed by atoms with Gasteiger partial charge >= 0.3 is 0 Å². The van der Waals surface area contributed by atoms with E-state index in [4.69, 9.17) is 11.6 Å². The van der Waals surface area contributed by atoms with Crippen LogP contribution in [0.25, 0.3) is 0 Å². The average Bonchev–Trinajstić information content (AvgIpc) is 2.64. The third kappa shape index (κ3) is 4.51. The zero-order chi connectivity index (χ0) is 17.6. The van der Waals surface area contributed by atoms with Crippen molar-refractivity contribution in [1.82, 2.24) is 15.0 Å². The number of halogens is 1. The number of pyridine rings is 1. The van der Waals surface area contributed by atoms with Gasteiger partial charge in [0.1, 0.15) is 11.5 Å². The second-order valence-electron chi connectivity index (χ2n) is 5.42. The number of nitrogens with one attached hydrogen (secondary N) is 2. The summed E-state index contributed by atoms with van der Waals surface area (Å²) in [6.07, 6.45) is 6.44. The molecule has 2 aromatic heterocycles. The van der Waals surface area contributed by atoms with Crippen LogP contribution in [0.2, 0.25) is 5.02 Å². The molecule has 25 heavy (non-hydrogen) atoms. The number of hydrogen-bond acceptors (Lipinski definition) is 5. The summed E-state index contributed by atoms with van der Waals surface area (Å²) in [4.78, 5) is 24.6. The summed E-state index contributed by atoms with van der Waals surface area (Å²) in [5.74, 6) is 0.241. The Hall–Kier alpha value is -2.99. The SMILES string of the molecule is Cc1ccc(NC(=O)c2cnc(NCc3cccnc3)cn2)cc1Cl. The quantitative estimate of drug-likeness (QED) is 0.731. The van der Waals surface area contributed by atoms with E-state index in [0.29, 0.717) is 23.1 Å². The van der Waals surface area contributed by atoms with Crippen LogP contribution in [0.4, 0.5) is 11.5 Å². The lowest BCUT2D eigenvalue weighted by atomic mass is 10.2. The second kappa shape index (κ2) is 7.72. The first-order valence-electron chi connectivity index (χ1n) is 7.64. The maximum absolute atomic E-state index is 12.2. The molecule has 1 aromatic carbocycles. The summed E-state index contributed by atoms with van der Waals surface area (Å²) in [5.41, 5.74) is 2.82. The van der Waals surface area contributed by atoms with E-state index in [1.54, 1.807) is 24.5 Å². The van der Waals surface area contributed by atoms with Crippen LogP contribution in [0, 0.1) is 6.92 Å². The summed E-state index contributed by atoms with van der Waals surface area (Å²) in [7, 11) is 0. The zero-order valence-electron chi connectivity index (χ0n) is 13.5. The van der Waals surface area contributed by atoms with Crippen LogP contribution in [0.15, 0.2) is 55.1 Å². The highest BCUT2D eigenvalue weighted by molar-refractivity contribution is 6.31. The minimum absolute atomic E-state index is 0.226. The molecule has 0 aliphatic rings. The lowest BCUT2D eigenvalue weighted by molar-refractivity contribution is 0.102. The van der Waals surface area contributed by atoms with Gasteiger partial charge in [0, 0.05) is 29.6 Å². The second-order valence-corrected chi connectivity index (χ2v) is 5.83. The molecule has 1 amide bonds. The van der Waals surface area contributed by atoms with Gasteiger partial charge in [-0.1, -0.05) is 23.7 Å². The molecule has 0 radical (unpaired) electrons. The molecule has 0 saturated heterocycles. The maximum Gasteiger partial charge on any atom is 0.275 e. The average molecular weight is 354 g/mol. The van der Waals surface area contributed by atoms with Gasteiger partial charge in [-0.3, -0.25) is 9.78 Å². The number of hydrogen-bond donors (Lipinski definition) is 2. The number of rotatable bonds is 5. The van der Waals surface area contributed by atoms with Crippen molar-refractivity contribution in [2.75, 3.05) is 10.6 Å². The van der Waals surface area contributed by atoms with Gasteiger partial charge < -0.3 is 10.6 Å². The predicted molar refractivity (Wildman–Crippen MR) is 97.7 cm³/mol. The summed E-state index contributed by atoms with van der Waals surface area (Å²) < 4.78 is 0. The van der Waals surface area contributed by atoms with Gasteiger partial charge in [-0.15, -0.1) is 0 Å². The third-order valence-electron chi connectivity index (χ3n) is 3.51. The fraction of sp³-hybridized carbons (Fsp3) is 0.111. The van der Waals surface area contributed by atoms with Crippen molar-refractivity contribution in [3.8, 4) is 0 Å². The van der Waals surface area contributed by atoms with Crippen LogP contribution < -0.4 is 10.6 Å². The Morgan fingerprint density at radius 1 is 1.16 bits per heavy atom. The zero-order valence-corrected chi connectivity index (χ0v) is 14.3. The Kier molecular flexibility index (Phi) is 5.20. The first-order chi connectivity index (χ1) is 12.1. The monoisotopic (exact) mass is 353 g/mol. The fourth-order valence-corrected chi connectivity index (χ4v) is 2.28. The molecule has 3 rings (SSSR count). The van der Waals surface area contributed by atoms with Crippen LogP contribution in [0.1, 0.15) is 21.6 Å². The van der Waals surface area contributed by atoms with Gasteiger partial charge in [-0.25, -0.2) is 9.97 Å². The van der Waals surface area contributed by atoms with Crippen molar-refractivity contribution in [3.05, 3.63) is 77.0 Å². The Bertz CT molecular complexity index is 868. The molecule has 2 N–H and O–H groups in total. The Morgan fingerprint density at radius 3 is 2.72 bits per heavy atom. The molecule has 0 aliphatic heterocycles. The molecule has 6 nitrogen and oxygen atoms in total. The number of amides is 1. The van der Waals surface area contributed by atoms with Gasteiger partial charge in [0.2, 0.25) is 0 Å². The van der Waals surface area contributed by atoms with Crippen molar-refractivity contribution >= 4 is 29.0 Å². The van der Waals surface area contributed by atoms with Crippen LogP contribution in [-0.2, 0) is 6.54 Å². The van der Waals surface area contributed by atoms with Crippen molar-refractivity contribution < 1.29 is 4.79 Å². The topological polar surface area (TPSA) is 79.8 Å². The molecule has 0 unspecified atom stereocenters. The Labute approximate surface area is 150 Å². The largest absolute Gasteiger partial charge is 0.365 e. The highest BCUT2D eigenvalue weighted by atomic mass is 35.5. The van der Waals surface area contributed by atoms with Gasteiger partial charge in [-0.05, 0) is 36.2 Å². The van der Waals surface area contributed by atoms with E-state index >= 15 is 0 Å². The number of nitrogens with zero attached hydrogens (tertiary/aromatic N) is 3. The van der Waals surface area contributed by atoms with E-state index in [1.165, 1.54) is 12.4 Å². The van der Waals surface area contributed by atoms with E-state index in [0.717, 1.165) is 11.1 Å². The molecule has 3 aromatic rings. The van der Waals surface area contributed by atoms with E-state index in [9.17, 15) is 4.79 Å². The maximum atomic E-state index is 12.2. The van der Waals surface area contributed by atoms with E-state index < -0.39 is 0 Å². The number of aromatic nitrogens is 3. The molecule has 7 heteroatoms. The highest BCUT2D eigenvalue weighted by Gasteiger charge is 2.09. The molecular formula is C18H16ClN5O. The fourth-order valence-electron chi connectivity index (χ4n) is 2.10. The number of carbonyl (C=O) groups excluding carboxylic acids is 1. The molecule has 0 aliphatic carbocycles. The standard InChI is InChI=1S/C18H16ClN5O/c1-12-4-5-14(7-15(12)19)24-18(25)16-10-23-17(11-21-16)22-9-13-3-2-6-20-8-13/h2-8,10-11H,9H2,1H3,(H,22,23)(H,24,25). The highest BCUT2D eigenvalue weighted by Crippen LogP contribution is 2.20. The molecular weight excluding hydrogens is 338 g/mol. The summed E-state index contributed by atoms with van der Waals surface area (Å²) in [6, 6.07) is 9.16. The summed E-state index contributed by atoms with van der Waals surface area (Å²) in [5, 5.41) is 6.47. The number of anilines is 2. The summed E-state index contributed by atoms with van der Waals surface area (Å²) in [6.45, 7) is 2.48. The van der Waals surface area contributed by atoms with E-state index in [-0.39, 0.29) is 11.6 Å². The Morgan fingerprint density at radius 2 is 2.04 bits per heavy atom. The lowest BCUT2D eigenvalue weighted by Crippen LogP contribution is -2.14. The number of benzene rings is 1. The molecule has 0 fully saturated rings. The van der Waals surface area contributed by atoms with E-state index in [2.05, 4.69) is 25.6 Å². The first-order valence-corrected chi connectivity index (χ1v) is 8.02. The summed E-state index contributed by atoms with van der Waals surface area (Å²) >= 11 is 6.06. The van der Waals surface area contributed by atoms with Crippen LogP contribution in [-0.4, -0.2) is 20.9 Å². The number of aryl methyl sites for hydroxylation is 1. The molecule has 0 saturated carbocycles. The molecule has 0 spiro atoms. The predicted octanol–water partition coefficient (Wildman–Crippen LogP) is 3.70. The van der Waals surface area contributed by atoms with Gasteiger partial charge in [0.15, 0.2) is 0 Å². The lowest BCUT2D eigenvalue weighted by Gasteiger charge is -2.08. The first kappa shape index (κ1) is 16.9. The normalized spacial score (nSPS) is 10.3. The van der Waals surface area contributed by atoms with Gasteiger partial charge in [-0.2, -0.15) is 0 Å². The van der Waals surface area contributed by atoms with Crippen LogP contribution in [0.5, 0.6) is 0 Å². The van der Waals surface area contributed by atoms with E-state index in [1.807, 2.05) is 25.1 Å². The molecule has 0 atom stereocenters. The van der Waals surface area contributed by atoms with Crippen molar-refractivity contribution in [1.29, 1.82) is 0 Å². The molecule has 0 bridgehead atoms. The third-order valence-corrected chi connectivity index (χ3v) is 3.92. The molecule has 2 heterocycles. The number of carbonyl (C=O) groups is 1. The minimum Gasteiger partial charge on any atom is -0.365 e. The minimum atomic E-state index is -0.341.